The molecule has 0 spiro atoms. The van der Waals surface area contributed by atoms with Gasteiger partial charge in [0.25, 0.3) is 0 Å². The van der Waals surface area contributed by atoms with Gasteiger partial charge in [-0.25, -0.2) is 0 Å². The highest BCUT2D eigenvalue weighted by molar-refractivity contribution is 6.21. The molecule has 0 bridgehead atoms. The zero-order valence-electron chi connectivity index (χ0n) is 7.10. The van der Waals surface area contributed by atoms with E-state index in [0.29, 0.717) is 11.4 Å². The van der Waals surface area contributed by atoms with Crippen LogP contribution in [0.4, 0.5) is 14.5 Å². The van der Waals surface area contributed by atoms with Crippen LogP contribution in [0, 0.1) is 6.92 Å². The summed E-state index contributed by atoms with van der Waals surface area (Å²) in [5.74, 6) is 0. The van der Waals surface area contributed by atoms with Crippen molar-refractivity contribution in [2.24, 2.45) is 0 Å². The second-order valence-electron chi connectivity index (χ2n) is 2.77. The summed E-state index contributed by atoms with van der Waals surface area (Å²) in [6.45, 7) is 1.79. The Labute approximate surface area is 79.5 Å². The van der Waals surface area contributed by atoms with Crippen molar-refractivity contribution >= 4 is 17.3 Å². The van der Waals surface area contributed by atoms with Gasteiger partial charge in [0, 0.05) is 13.0 Å². The summed E-state index contributed by atoms with van der Waals surface area (Å²) in [4.78, 5) is 0. The lowest BCUT2D eigenvalue weighted by Crippen LogP contribution is -2.12. The summed E-state index contributed by atoms with van der Waals surface area (Å²) < 4.78 is 25.9. The molecular weight excluding hydrogens is 200 g/mol. The number of hydrogen-bond donors (Lipinski definition) is 1. The van der Waals surface area contributed by atoms with Gasteiger partial charge < -0.3 is 5.73 Å². The first kappa shape index (κ1) is 10.2. The fourth-order valence-electron chi connectivity index (χ4n) is 0.919. The van der Waals surface area contributed by atoms with Crippen molar-refractivity contribution < 1.29 is 8.78 Å². The molecular formula is C7H10ClF2N3. The van der Waals surface area contributed by atoms with Crippen LogP contribution in [-0.2, 0) is 6.54 Å². The summed E-state index contributed by atoms with van der Waals surface area (Å²) in [5, 5.41) is 0.645. The minimum absolute atomic E-state index is 0.0690. The van der Waals surface area contributed by atoms with E-state index in [-0.39, 0.29) is 6.54 Å². The van der Waals surface area contributed by atoms with Gasteiger partial charge in [0.2, 0.25) is 0 Å². The van der Waals surface area contributed by atoms with E-state index in [1.54, 1.807) is 6.92 Å². The average Bonchev–Trinajstić information content (AvgIpc) is 2.29. The molecule has 1 heterocycles. The number of anilines is 1. The van der Waals surface area contributed by atoms with Gasteiger partial charge in [-0.05, 0) is 18.5 Å². The van der Waals surface area contributed by atoms with Gasteiger partial charge in [-0.1, -0.05) is 0 Å². The lowest BCUT2D eigenvalue weighted by atomic mass is 10.4. The van der Waals surface area contributed by atoms with Crippen molar-refractivity contribution in [3.8, 4) is 0 Å². The maximum atomic E-state index is 12.2. The molecule has 0 radical (unpaired) electrons. The van der Waals surface area contributed by atoms with Crippen molar-refractivity contribution in [3.63, 3.8) is 0 Å². The third-order valence-electron chi connectivity index (χ3n) is 1.75. The van der Waals surface area contributed by atoms with Crippen LogP contribution in [0.3, 0.4) is 0 Å². The predicted octanol–water partition coefficient (Wildman–Crippen LogP) is 2.00. The molecule has 0 amide bonds. The van der Waals surface area contributed by atoms with E-state index in [1.165, 1.54) is 10.9 Å². The van der Waals surface area contributed by atoms with Crippen LogP contribution in [0.15, 0.2) is 6.20 Å². The van der Waals surface area contributed by atoms with Crippen LogP contribution in [0.1, 0.15) is 12.1 Å². The van der Waals surface area contributed by atoms with Gasteiger partial charge in [0.15, 0.2) is 0 Å². The van der Waals surface area contributed by atoms with Gasteiger partial charge in [0.05, 0.1) is 17.6 Å². The van der Waals surface area contributed by atoms with Crippen LogP contribution in [0.25, 0.3) is 0 Å². The molecule has 0 atom stereocenters. The Morgan fingerprint density at radius 1 is 1.69 bits per heavy atom. The first-order chi connectivity index (χ1) is 5.90. The van der Waals surface area contributed by atoms with Gasteiger partial charge in [0.1, 0.15) is 0 Å². The van der Waals surface area contributed by atoms with Crippen LogP contribution in [0.2, 0.25) is 0 Å². The molecule has 6 heteroatoms. The fraction of sp³-hybridized carbons (Fsp3) is 0.571. The van der Waals surface area contributed by atoms with Gasteiger partial charge in [-0.3, -0.25) is 4.68 Å². The third-order valence-corrected chi connectivity index (χ3v) is 1.94. The quantitative estimate of drug-likeness (QED) is 0.774. The monoisotopic (exact) mass is 209 g/mol. The first-order valence-electron chi connectivity index (χ1n) is 3.75. The number of halogens is 3. The molecule has 13 heavy (non-hydrogen) atoms. The van der Waals surface area contributed by atoms with E-state index in [4.69, 9.17) is 17.3 Å². The smallest absolute Gasteiger partial charge is 0.323 e. The molecule has 0 unspecified atom stereocenters. The number of aryl methyl sites for hydroxylation is 1. The maximum absolute atomic E-state index is 12.2. The normalized spacial score (nSPS) is 12.0. The highest BCUT2D eigenvalue weighted by Gasteiger charge is 2.24. The van der Waals surface area contributed by atoms with Crippen molar-refractivity contribution in [3.05, 3.63) is 11.9 Å². The lowest BCUT2D eigenvalue weighted by molar-refractivity contribution is 0.0794. The Morgan fingerprint density at radius 3 is 2.69 bits per heavy atom. The van der Waals surface area contributed by atoms with Crippen LogP contribution in [0.5, 0.6) is 0 Å². The first-order valence-corrected chi connectivity index (χ1v) is 4.12. The van der Waals surface area contributed by atoms with Crippen molar-refractivity contribution in [2.75, 3.05) is 5.73 Å². The molecule has 0 fully saturated rings. The average molecular weight is 210 g/mol. The second kappa shape index (κ2) is 3.49. The van der Waals surface area contributed by atoms with Gasteiger partial charge in [-0.15, -0.1) is 0 Å². The SMILES string of the molecule is Cc1c(N)cnn1CCC(F)(F)Cl. The molecule has 0 saturated heterocycles. The van der Waals surface area contributed by atoms with E-state index >= 15 is 0 Å². The number of hydrogen-bond acceptors (Lipinski definition) is 2. The number of nitrogen functional groups attached to an aromatic ring is 1. The van der Waals surface area contributed by atoms with Crippen molar-refractivity contribution in [1.82, 2.24) is 9.78 Å². The molecule has 2 N–H and O–H groups in total. The van der Waals surface area contributed by atoms with E-state index < -0.39 is 11.8 Å². The highest BCUT2D eigenvalue weighted by atomic mass is 35.5. The van der Waals surface area contributed by atoms with Crippen molar-refractivity contribution in [1.29, 1.82) is 0 Å². The Balaban J connectivity index is 2.60. The Morgan fingerprint density at radius 2 is 2.31 bits per heavy atom. The molecule has 0 aliphatic rings. The topological polar surface area (TPSA) is 43.8 Å². The van der Waals surface area contributed by atoms with Crippen molar-refractivity contribution in [2.45, 2.75) is 25.3 Å². The van der Waals surface area contributed by atoms with E-state index in [1.807, 2.05) is 0 Å². The van der Waals surface area contributed by atoms with Crippen LogP contribution < -0.4 is 5.73 Å². The standard InChI is InChI=1S/C7H10ClF2N3/c1-5-6(11)4-12-13(5)3-2-7(8,9)10/h4H,2-3,11H2,1H3. The number of nitrogens with two attached hydrogens (primary N) is 1. The Bertz CT molecular complexity index is 292. The molecule has 1 aromatic heterocycles. The minimum Gasteiger partial charge on any atom is -0.396 e. The summed E-state index contributed by atoms with van der Waals surface area (Å²) in [7, 11) is 0. The fourth-order valence-corrected chi connectivity index (χ4v) is 1.00. The molecule has 0 aromatic carbocycles. The zero-order valence-corrected chi connectivity index (χ0v) is 7.85. The van der Waals surface area contributed by atoms with E-state index in [9.17, 15) is 8.78 Å². The number of alkyl halides is 3. The molecule has 0 saturated carbocycles. The molecule has 1 aromatic rings. The summed E-state index contributed by atoms with van der Waals surface area (Å²) in [6, 6.07) is 0. The molecule has 1 rings (SSSR count). The Kier molecular flexibility index (Phi) is 2.75. The summed E-state index contributed by atoms with van der Waals surface area (Å²) >= 11 is 4.74. The minimum atomic E-state index is -3.17. The lowest BCUT2D eigenvalue weighted by Gasteiger charge is -2.08. The summed E-state index contributed by atoms with van der Waals surface area (Å²) in [6.07, 6.45) is 0.984. The number of nitrogens with zero attached hydrogens (tertiary/aromatic N) is 2. The molecule has 0 aliphatic carbocycles. The molecule has 3 nitrogen and oxygen atoms in total. The van der Waals surface area contributed by atoms with Gasteiger partial charge in [-0.2, -0.15) is 13.9 Å². The molecule has 74 valence electrons. The maximum Gasteiger partial charge on any atom is 0.323 e. The molecule has 0 aliphatic heterocycles. The van der Waals surface area contributed by atoms with E-state index in [2.05, 4.69) is 5.10 Å². The largest absolute Gasteiger partial charge is 0.396 e. The predicted molar refractivity (Wildman–Crippen MR) is 46.8 cm³/mol. The summed E-state index contributed by atoms with van der Waals surface area (Å²) in [5.41, 5.74) is 6.66. The Hall–Kier alpha value is -0.840. The van der Waals surface area contributed by atoms with Crippen LogP contribution in [-0.4, -0.2) is 15.2 Å². The number of rotatable bonds is 3. The number of aromatic nitrogens is 2. The third kappa shape index (κ3) is 2.84. The highest BCUT2D eigenvalue weighted by Crippen LogP contribution is 2.24. The van der Waals surface area contributed by atoms with Crippen LogP contribution >= 0.6 is 11.6 Å². The second-order valence-corrected chi connectivity index (χ2v) is 3.33. The van der Waals surface area contributed by atoms with E-state index in [0.717, 1.165) is 0 Å². The zero-order chi connectivity index (χ0) is 10.1. The van der Waals surface area contributed by atoms with Gasteiger partial charge >= 0.3 is 5.38 Å².